The summed E-state index contributed by atoms with van der Waals surface area (Å²) in [6.07, 6.45) is 2.52. The first-order valence-electron chi connectivity index (χ1n) is 7.91. The summed E-state index contributed by atoms with van der Waals surface area (Å²) in [5.74, 6) is 0.788. The summed E-state index contributed by atoms with van der Waals surface area (Å²) in [5, 5.41) is 8.23. The molecule has 1 heterocycles. The standard InChI is InChI=1S/C18H27N3/c1-14(2)9-8-12-19-13-18-15(3)20-21(16(18)4)17-10-6-5-7-11-17/h5-7,10-11,14,19H,8-9,12-13H2,1-4H3. The van der Waals surface area contributed by atoms with Crippen LogP contribution in [0.15, 0.2) is 30.3 Å². The molecule has 0 aliphatic carbocycles. The number of nitrogens with zero attached hydrogens (tertiary/aromatic N) is 2. The summed E-state index contributed by atoms with van der Waals surface area (Å²) in [6, 6.07) is 10.3. The number of rotatable bonds is 7. The molecule has 2 aromatic rings. The first-order valence-corrected chi connectivity index (χ1v) is 7.91. The van der Waals surface area contributed by atoms with Crippen LogP contribution in [-0.4, -0.2) is 16.3 Å². The largest absolute Gasteiger partial charge is 0.313 e. The summed E-state index contributed by atoms with van der Waals surface area (Å²) in [6.45, 7) is 10.8. The van der Waals surface area contributed by atoms with Crippen LogP contribution in [0.3, 0.4) is 0 Å². The fraction of sp³-hybridized carbons (Fsp3) is 0.500. The SMILES string of the molecule is Cc1nn(-c2ccccc2)c(C)c1CNCCCC(C)C. The molecule has 0 amide bonds. The molecule has 0 radical (unpaired) electrons. The van der Waals surface area contributed by atoms with E-state index in [1.807, 2.05) is 10.7 Å². The fourth-order valence-electron chi connectivity index (χ4n) is 2.60. The molecule has 2 rings (SSSR count). The average Bonchev–Trinajstić information content (AvgIpc) is 2.75. The lowest BCUT2D eigenvalue weighted by molar-refractivity contribution is 0.527. The van der Waals surface area contributed by atoms with E-state index in [2.05, 4.69) is 62.4 Å². The van der Waals surface area contributed by atoms with Crippen LogP contribution in [0.5, 0.6) is 0 Å². The third-order valence-corrected chi connectivity index (χ3v) is 3.88. The van der Waals surface area contributed by atoms with E-state index in [1.165, 1.54) is 24.1 Å². The van der Waals surface area contributed by atoms with E-state index in [4.69, 9.17) is 0 Å². The predicted octanol–water partition coefficient (Wildman–Crippen LogP) is 4.01. The molecule has 0 atom stereocenters. The summed E-state index contributed by atoms with van der Waals surface area (Å²) in [4.78, 5) is 0. The van der Waals surface area contributed by atoms with Crippen molar-refractivity contribution in [2.45, 2.75) is 47.1 Å². The molecule has 3 nitrogen and oxygen atoms in total. The zero-order valence-electron chi connectivity index (χ0n) is 13.7. The zero-order valence-corrected chi connectivity index (χ0v) is 13.7. The van der Waals surface area contributed by atoms with Gasteiger partial charge in [-0.05, 0) is 51.3 Å². The Morgan fingerprint density at radius 3 is 2.52 bits per heavy atom. The van der Waals surface area contributed by atoms with Gasteiger partial charge in [-0.15, -0.1) is 0 Å². The Balaban J connectivity index is 2.00. The van der Waals surface area contributed by atoms with E-state index in [0.717, 1.165) is 30.4 Å². The van der Waals surface area contributed by atoms with Crippen molar-refractivity contribution in [3.8, 4) is 5.69 Å². The molecule has 114 valence electrons. The molecule has 3 heteroatoms. The highest BCUT2D eigenvalue weighted by Crippen LogP contribution is 2.17. The van der Waals surface area contributed by atoms with Crippen LogP contribution in [0.4, 0.5) is 0 Å². The molecular weight excluding hydrogens is 258 g/mol. The van der Waals surface area contributed by atoms with E-state index in [0.29, 0.717) is 0 Å². The van der Waals surface area contributed by atoms with Gasteiger partial charge in [-0.25, -0.2) is 4.68 Å². The Morgan fingerprint density at radius 1 is 1.14 bits per heavy atom. The number of hydrogen-bond donors (Lipinski definition) is 1. The highest BCUT2D eigenvalue weighted by molar-refractivity contribution is 5.36. The Hall–Kier alpha value is -1.61. The minimum absolute atomic E-state index is 0.788. The topological polar surface area (TPSA) is 29.9 Å². The van der Waals surface area contributed by atoms with Crippen molar-refractivity contribution in [1.82, 2.24) is 15.1 Å². The van der Waals surface area contributed by atoms with Gasteiger partial charge >= 0.3 is 0 Å². The number of hydrogen-bond acceptors (Lipinski definition) is 2. The van der Waals surface area contributed by atoms with E-state index >= 15 is 0 Å². The van der Waals surface area contributed by atoms with E-state index < -0.39 is 0 Å². The molecule has 21 heavy (non-hydrogen) atoms. The van der Waals surface area contributed by atoms with Crippen molar-refractivity contribution in [2.24, 2.45) is 5.92 Å². The minimum Gasteiger partial charge on any atom is -0.313 e. The van der Waals surface area contributed by atoms with Gasteiger partial charge in [0.25, 0.3) is 0 Å². The lowest BCUT2D eigenvalue weighted by Gasteiger charge is -2.08. The smallest absolute Gasteiger partial charge is 0.0648 e. The van der Waals surface area contributed by atoms with E-state index in [1.54, 1.807) is 0 Å². The molecule has 0 bridgehead atoms. The molecule has 0 fully saturated rings. The Bertz CT molecular complexity index is 555. The molecule has 0 aliphatic heterocycles. The van der Waals surface area contributed by atoms with E-state index in [9.17, 15) is 0 Å². The van der Waals surface area contributed by atoms with Crippen molar-refractivity contribution in [3.63, 3.8) is 0 Å². The maximum Gasteiger partial charge on any atom is 0.0648 e. The molecule has 0 spiro atoms. The Kier molecular flexibility index (Phi) is 5.57. The lowest BCUT2D eigenvalue weighted by Crippen LogP contribution is -2.16. The highest BCUT2D eigenvalue weighted by Gasteiger charge is 2.11. The molecule has 0 saturated carbocycles. The van der Waals surface area contributed by atoms with Gasteiger partial charge < -0.3 is 5.32 Å². The highest BCUT2D eigenvalue weighted by atomic mass is 15.3. The van der Waals surface area contributed by atoms with Gasteiger partial charge in [0.05, 0.1) is 11.4 Å². The van der Waals surface area contributed by atoms with Crippen molar-refractivity contribution < 1.29 is 0 Å². The average molecular weight is 285 g/mol. The maximum absolute atomic E-state index is 4.68. The van der Waals surface area contributed by atoms with Gasteiger partial charge in [-0.1, -0.05) is 32.0 Å². The maximum atomic E-state index is 4.68. The molecular formula is C18H27N3. The Morgan fingerprint density at radius 2 is 1.86 bits per heavy atom. The lowest BCUT2D eigenvalue weighted by atomic mass is 10.1. The van der Waals surface area contributed by atoms with Crippen molar-refractivity contribution in [1.29, 1.82) is 0 Å². The second kappa shape index (κ2) is 7.41. The van der Waals surface area contributed by atoms with Gasteiger partial charge in [0.15, 0.2) is 0 Å². The molecule has 0 unspecified atom stereocenters. The van der Waals surface area contributed by atoms with Gasteiger partial charge in [0.2, 0.25) is 0 Å². The van der Waals surface area contributed by atoms with Gasteiger partial charge in [-0.3, -0.25) is 0 Å². The second-order valence-electron chi connectivity index (χ2n) is 6.11. The number of para-hydroxylation sites is 1. The van der Waals surface area contributed by atoms with E-state index in [-0.39, 0.29) is 0 Å². The third-order valence-electron chi connectivity index (χ3n) is 3.88. The molecule has 1 N–H and O–H groups in total. The normalized spacial score (nSPS) is 11.3. The fourth-order valence-corrected chi connectivity index (χ4v) is 2.60. The van der Waals surface area contributed by atoms with Crippen molar-refractivity contribution in [2.75, 3.05) is 6.54 Å². The summed E-state index contributed by atoms with van der Waals surface area (Å²) < 4.78 is 2.04. The summed E-state index contributed by atoms with van der Waals surface area (Å²) >= 11 is 0. The molecule has 0 aliphatic rings. The number of aromatic nitrogens is 2. The summed E-state index contributed by atoms with van der Waals surface area (Å²) in [7, 11) is 0. The van der Waals surface area contributed by atoms with Crippen LogP contribution in [0, 0.1) is 19.8 Å². The Labute approximate surface area is 128 Å². The monoisotopic (exact) mass is 285 g/mol. The quantitative estimate of drug-likeness (QED) is 0.779. The van der Waals surface area contributed by atoms with Crippen LogP contribution >= 0.6 is 0 Å². The van der Waals surface area contributed by atoms with Crippen LogP contribution in [0.1, 0.15) is 43.6 Å². The van der Waals surface area contributed by atoms with Gasteiger partial charge in [0, 0.05) is 17.8 Å². The first kappa shape index (κ1) is 15.8. The first-order chi connectivity index (χ1) is 10.1. The van der Waals surface area contributed by atoms with Crippen LogP contribution < -0.4 is 5.32 Å². The number of nitrogens with one attached hydrogen (secondary N) is 1. The van der Waals surface area contributed by atoms with Crippen LogP contribution in [-0.2, 0) is 6.54 Å². The molecule has 1 aromatic heterocycles. The van der Waals surface area contributed by atoms with Crippen molar-refractivity contribution >= 4 is 0 Å². The summed E-state index contributed by atoms with van der Waals surface area (Å²) in [5.41, 5.74) is 4.80. The predicted molar refractivity (Wildman–Crippen MR) is 88.8 cm³/mol. The third kappa shape index (κ3) is 4.18. The number of aryl methyl sites for hydroxylation is 1. The van der Waals surface area contributed by atoms with Crippen molar-refractivity contribution in [3.05, 3.63) is 47.3 Å². The number of benzene rings is 1. The molecule has 1 aromatic carbocycles. The van der Waals surface area contributed by atoms with Gasteiger partial charge in [-0.2, -0.15) is 5.10 Å². The van der Waals surface area contributed by atoms with Crippen LogP contribution in [0.2, 0.25) is 0 Å². The molecule has 0 saturated heterocycles. The second-order valence-corrected chi connectivity index (χ2v) is 6.11. The van der Waals surface area contributed by atoms with Gasteiger partial charge in [0.1, 0.15) is 0 Å². The van der Waals surface area contributed by atoms with Crippen LogP contribution in [0.25, 0.3) is 5.69 Å². The zero-order chi connectivity index (χ0) is 15.2. The minimum atomic E-state index is 0.788.